The van der Waals surface area contributed by atoms with Crippen LogP contribution in [0.3, 0.4) is 0 Å². The van der Waals surface area contributed by atoms with Crippen LogP contribution in [0.25, 0.3) is 16.7 Å². The minimum Gasteiger partial charge on any atom is -0.497 e. The largest absolute Gasteiger partial charge is 0.497 e. The Labute approximate surface area is 171 Å². The molecule has 0 N–H and O–H groups in total. The second-order valence-electron chi connectivity index (χ2n) is 5.98. The van der Waals surface area contributed by atoms with Gasteiger partial charge in [-0.3, -0.25) is 4.57 Å². The Bertz CT molecular complexity index is 1080. The van der Waals surface area contributed by atoms with E-state index in [1.165, 1.54) is 5.56 Å². The summed E-state index contributed by atoms with van der Waals surface area (Å²) in [7, 11) is 1.66. The van der Waals surface area contributed by atoms with Crippen molar-refractivity contribution in [2.45, 2.75) is 10.9 Å². The van der Waals surface area contributed by atoms with Gasteiger partial charge in [-0.2, -0.15) is 0 Å². The molecule has 4 aromatic rings. The van der Waals surface area contributed by atoms with Crippen molar-refractivity contribution in [2.75, 3.05) is 7.11 Å². The van der Waals surface area contributed by atoms with Crippen LogP contribution >= 0.6 is 35.0 Å². The van der Waals surface area contributed by atoms with Crippen molar-refractivity contribution < 1.29 is 4.74 Å². The Morgan fingerprint density at radius 3 is 2.33 bits per heavy atom. The molecule has 0 atom stereocenters. The van der Waals surface area contributed by atoms with Gasteiger partial charge in [0.05, 0.1) is 18.1 Å². The van der Waals surface area contributed by atoms with Crippen LogP contribution in [0.1, 0.15) is 5.56 Å². The van der Waals surface area contributed by atoms with Gasteiger partial charge in [-0.1, -0.05) is 47.1 Å². The van der Waals surface area contributed by atoms with Gasteiger partial charge in [-0.15, -0.1) is 0 Å². The number of halogens is 2. The number of imidazole rings is 1. The van der Waals surface area contributed by atoms with Gasteiger partial charge >= 0.3 is 0 Å². The number of nitrogens with zero attached hydrogens (tertiary/aromatic N) is 2. The van der Waals surface area contributed by atoms with Crippen LogP contribution in [-0.4, -0.2) is 16.7 Å². The fraction of sp³-hybridized carbons (Fsp3) is 0.0952. The predicted molar refractivity (Wildman–Crippen MR) is 114 cm³/mol. The molecule has 6 heteroatoms. The van der Waals surface area contributed by atoms with Crippen molar-refractivity contribution >= 4 is 46.0 Å². The third-order valence-electron chi connectivity index (χ3n) is 4.20. The minimum atomic E-state index is 0.686. The summed E-state index contributed by atoms with van der Waals surface area (Å²) in [5.74, 6) is 1.61. The van der Waals surface area contributed by atoms with Gasteiger partial charge in [-0.05, 0) is 60.2 Å². The number of aromatic nitrogens is 2. The Hall–Kier alpha value is -2.14. The third kappa shape index (κ3) is 3.93. The molecular formula is C21H16Cl2N2OS. The van der Waals surface area contributed by atoms with Crippen LogP contribution in [-0.2, 0) is 5.75 Å². The van der Waals surface area contributed by atoms with Gasteiger partial charge in [0, 0.05) is 21.5 Å². The number of benzene rings is 3. The fourth-order valence-corrected chi connectivity index (χ4v) is 4.11. The van der Waals surface area contributed by atoms with Crippen molar-refractivity contribution in [1.82, 2.24) is 9.55 Å². The normalized spacial score (nSPS) is 11.1. The van der Waals surface area contributed by atoms with E-state index in [-0.39, 0.29) is 0 Å². The Morgan fingerprint density at radius 2 is 1.63 bits per heavy atom. The first kappa shape index (κ1) is 18.2. The lowest BCUT2D eigenvalue weighted by Gasteiger charge is -2.10. The van der Waals surface area contributed by atoms with Gasteiger partial charge in [0.25, 0.3) is 0 Å². The van der Waals surface area contributed by atoms with E-state index < -0.39 is 0 Å². The molecule has 0 radical (unpaired) electrons. The second kappa shape index (κ2) is 7.85. The zero-order valence-corrected chi connectivity index (χ0v) is 16.9. The molecule has 3 nitrogen and oxygen atoms in total. The maximum Gasteiger partial charge on any atom is 0.174 e. The SMILES string of the molecule is COc1ccc(-n2c(SCc3ccc(Cl)cc3)nc3ccc(Cl)cc32)cc1. The van der Waals surface area contributed by atoms with E-state index in [4.69, 9.17) is 32.9 Å². The lowest BCUT2D eigenvalue weighted by Crippen LogP contribution is -1.97. The van der Waals surface area contributed by atoms with Crippen molar-refractivity contribution in [3.63, 3.8) is 0 Å². The molecule has 1 heterocycles. The van der Waals surface area contributed by atoms with E-state index in [0.717, 1.165) is 38.4 Å². The van der Waals surface area contributed by atoms with E-state index in [1.807, 2.05) is 66.7 Å². The molecule has 0 aliphatic heterocycles. The van der Waals surface area contributed by atoms with E-state index in [0.29, 0.717) is 5.02 Å². The molecule has 0 unspecified atom stereocenters. The average molecular weight is 415 g/mol. The van der Waals surface area contributed by atoms with Gasteiger partial charge in [0.1, 0.15) is 5.75 Å². The first-order chi connectivity index (χ1) is 13.1. The molecule has 3 aromatic carbocycles. The molecule has 0 fully saturated rings. The molecule has 1 aromatic heterocycles. The van der Waals surface area contributed by atoms with Crippen LogP contribution in [0.5, 0.6) is 5.75 Å². The molecule has 0 saturated heterocycles. The summed E-state index contributed by atoms with van der Waals surface area (Å²) < 4.78 is 7.40. The molecule has 0 aliphatic carbocycles. The number of fused-ring (bicyclic) bond motifs is 1. The number of hydrogen-bond donors (Lipinski definition) is 0. The number of ether oxygens (including phenoxy) is 1. The highest BCUT2D eigenvalue weighted by Crippen LogP contribution is 2.32. The molecule has 27 heavy (non-hydrogen) atoms. The number of methoxy groups -OCH3 is 1. The lowest BCUT2D eigenvalue weighted by molar-refractivity contribution is 0.414. The summed E-state index contributed by atoms with van der Waals surface area (Å²) in [6.45, 7) is 0. The molecule has 4 rings (SSSR count). The lowest BCUT2D eigenvalue weighted by atomic mass is 10.2. The molecule has 0 bridgehead atoms. The molecule has 0 saturated carbocycles. The van der Waals surface area contributed by atoms with E-state index in [1.54, 1.807) is 18.9 Å². The quantitative estimate of drug-likeness (QED) is 0.342. The zero-order chi connectivity index (χ0) is 18.8. The standard InChI is InChI=1S/C21H16Cl2N2OS/c1-26-18-9-7-17(8-10-18)25-20-12-16(23)6-11-19(20)24-21(25)27-13-14-2-4-15(22)5-3-14/h2-12H,13H2,1H3. The second-order valence-corrected chi connectivity index (χ2v) is 7.79. The molecule has 0 aliphatic rings. The first-order valence-corrected chi connectivity index (χ1v) is 10.1. The fourth-order valence-electron chi connectivity index (χ4n) is 2.83. The third-order valence-corrected chi connectivity index (χ3v) is 5.69. The van der Waals surface area contributed by atoms with Gasteiger partial charge in [0.15, 0.2) is 5.16 Å². The monoisotopic (exact) mass is 414 g/mol. The van der Waals surface area contributed by atoms with E-state index in [2.05, 4.69) is 4.57 Å². The van der Waals surface area contributed by atoms with Gasteiger partial charge in [-0.25, -0.2) is 4.98 Å². The Balaban J connectivity index is 1.75. The highest BCUT2D eigenvalue weighted by atomic mass is 35.5. The average Bonchev–Trinajstić information content (AvgIpc) is 3.05. The summed E-state index contributed by atoms with van der Waals surface area (Å²) in [6, 6.07) is 21.6. The number of rotatable bonds is 5. The van der Waals surface area contributed by atoms with Crippen molar-refractivity contribution in [2.24, 2.45) is 0 Å². The summed E-state index contributed by atoms with van der Waals surface area (Å²) in [4.78, 5) is 4.82. The summed E-state index contributed by atoms with van der Waals surface area (Å²) in [6.07, 6.45) is 0. The highest BCUT2D eigenvalue weighted by molar-refractivity contribution is 7.98. The molecule has 136 valence electrons. The van der Waals surface area contributed by atoms with Gasteiger partial charge < -0.3 is 4.74 Å². The predicted octanol–water partition coefficient (Wildman–Crippen LogP) is 6.63. The maximum absolute atomic E-state index is 6.24. The van der Waals surface area contributed by atoms with Crippen molar-refractivity contribution in [1.29, 1.82) is 0 Å². The topological polar surface area (TPSA) is 27.1 Å². The highest BCUT2D eigenvalue weighted by Gasteiger charge is 2.14. The van der Waals surface area contributed by atoms with Gasteiger partial charge in [0.2, 0.25) is 0 Å². The van der Waals surface area contributed by atoms with E-state index >= 15 is 0 Å². The Morgan fingerprint density at radius 1 is 0.926 bits per heavy atom. The molecule has 0 spiro atoms. The number of hydrogen-bond acceptors (Lipinski definition) is 3. The zero-order valence-electron chi connectivity index (χ0n) is 14.5. The van der Waals surface area contributed by atoms with Crippen LogP contribution < -0.4 is 4.74 Å². The van der Waals surface area contributed by atoms with E-state index in [9.17, 15) is 0 Å². The number of thioether (sulfide) groups is 1. The molecular weight excluding hydrogens is 399 g/mol. The van der Waals surface area contributed by atoms with Crippen molar-refractivity contribution in [3.8, 4) is 11.4 Å². The van der Waals surface area contributed by atoms with Crippen LogP contribution in [0.4, 0.5) is 0 Å². The van der Waals surface area contributed by atoms with Crippen molar-refractivity contribution in [3.05, 3.63) is 82.3 Å². The first-order valence-electron chi connectivity index (χ1n) is 8.34. The maximum atomic E-state index is 6.24. The summed E-state index contributed by atoms with van der Waals surface area (Å²) >= 11 is 13.9. The van der Waals surface area contributed by atoms with Crippen LogP contribution in [0.2, 0.25) is 10.0 Å². The van der Waals surface area contributed by atoms with Crippen LogP contribution in [0.15, 0.2) is 71.9 Å². The minimum absolute atomic E-state index is 0.686. The summed E-state index contributed by atoms with van der Waals surface area (Å²) in [5.41, 5.74) is 4.09. The smallest absolute Gasteiger partial charge is 0.174 e. The van der Waals surface area contributed by atoms with Crippen LogP contribution in [0, 0.1) is 0 Å². The summed E-state index contributed by atoms with van der Waals surface area (Å²) in [5, 5.41) is 2.34. The Kier molecular flexibility index (Phi) is 5.30. The molecule has 0 amide bonds.